The van der Waals surface area contributed by atoms with Crippen molar-refractivity contribution in [3.8, 4) is 0 Å². The Balaban J connectivity index is 2.28. The van der Waals surface area contributed by atoms with Crippen LogP contribution in [0.3, 0.4) is 0 Å². The molecule has 1 fully saturated rings. The maximum Gasteiger partial charge on any atom is 0.244 e. The second-order valence-electron chi connectivity index (χ2n) is 3.50. The Morgan fingerprint density at radius 2 is 1.79 bits per heavy atom. The minimum Gasteiger partial charge on any atom is -0.545 e. The van der Waals surface area contributed by atoms with Gasteiger partial charge in [0.25, 0.3) is 0 Å². The molecule has 0 aliphatic heterocycles. The van der Waals surface area contributed by atoms with Gasteiger partial charge < -0.3 is 15.2 Å². The van der Waals surface area contributed by atoms with Gasteiger partial charge in [-0.2, -0.15) is 0 Å². The lowest BCUT2D eigenvalue weighted by atomic mass is 9.95. The van der Waals surface area contributed by atoms with Crippen LogP contribution in [0.1, 0.15) is 32.1 Å². The highest BCUT2D eigenvalue weighted by molar-refractivity contribution is 5.93. The van der Waals surface area contributed by atoms with Crippen LogP contribution in [0, 0.1) is 0 Å². The summed E-state index contributed by atoms with van der Waals surface area (Å²) in [5.74, 6) is -1.69. The highest BCUT2D eigenvalue weighted by Crippen LogP contribution is 2.17. The van der Waals surface area contributed by atoms with Gasteiger partial charge in [0.15, 0.2) is 0 Å². The van der Waals surface area contributed by atoms with Gasteiger partial charge in [-0.25, -0.2) is 0 Å². The van der Waals surface area contributed by atoms with Crippen molar-refractivity contribution >= 4 is 11.9 Å². The lowest BCUT2D eigenvalue weighted by Gasteiger charge is -2.21. The van der Waals surface area contributed by atoms with E-state index in [0.717, 1.165) is 37.8 Å². The van der Waals surface area contributed by atoms with Crippen molar-refractivity contribution in [3.05, 3.63) is 12.2 Å². The van der Waals surface area contributed by atoms with Gasteiger partial charge in [0, 0.05) is 12.1 Å². The summed E-state index contributed by atoms with van der Waals surface area (Å²) in [6.07, 6.45) is 7.23. The molecule has 14 heavy (non-hydrogen) atoms. The summed E-state index contributed by atoms with van der Waals surface area (Å²) in [4.78, 5) is 21.1. The van der Waals surface area contributed by atoms with Crippen LogP contribution in [-0.4, -0.2) is 17.9 Å². The van der Waals surface area contributed by atoms with E-state index in [0.29, 0.717) is 0 Å². The highest BCUT2D eigenvalue weighted by Gasteiger charge is 2.13. The van der Waals surface area contributed by atoms with E-state index < -0.39 is 5.97 Å². The van der Waals surface area contributed by atoms with Gasteiger partial charge in [0.05, 0.1) is 5.97 Å². The number of carboxylic acids is 1. The molecule has 0 bridgehead atoms. The van der Waals surface area contributed by atoms with Crippen molar-refractivity contribution in [1.29, 1.82) is 0 Å². The third kappa shape index (κ3) is 4.07. The van der Waals surface area contributed by atoms with Crippen molar-refractivity contribution in [2.24, 2.45) is 0 Å². The minimum absolute atomic E-state index is 0.211. The number of aliphatic carboxylic acids is 1. The van der Waals surface area contributed by atoms with E-state index >= 15 is 0 Å². The smallest absolute Gasteiger partial charge is 0.244 e. The Hall–Kier alpha value is -1.32. The molecule has 0 saturated heterocycles. The molecule has 0 aromatic rings. The Kier molecular flexibility index (Phi) is 4.16. The summed E-state index contributed by atoms with van der Waals surface area (Å²) in [6.45, 7) is 0. The molecule has 0 aromatic carbocycles. The van der Waals surface area contributed by atoms with Gasteiger partial charge in [-0.1, -0.05) is 19.3 Å². The number of hydrogen-bond donors (Lipinski definition) is 1. The van der Waals surface area contributed by atoms with Crippen molar-refractivity contribution in [1.82, 2.24) is 5.32 Å². The van der Waals surface area contributed by atoms with E-state index in [4.69, 9.17) is 0 Å². The second-order valence-corrected chi connectivity index (χ2v) is 3.50. The van der Waals surface area contributed by atoms with Crippen LogP contribution in [0.15, 0.2) is 12.2 Å². The van der Waals surface area contributed by atoms with Crippen LogP contribution in [0.5, 0.6) is 0 Å². The molecule has 0 spiro atoms. The standard InChI is InChI=1S/C10H15NO3/c12-9(6-7-10(13)14)11-8-4-2-1-3-5-8/h6-8H,1-5H2,(H,11,12)(H,13,14)/p-1/b7-6+. The van der Waals surface area contributed by atoms with Crippen LogP contribution in [0.2, 0.25) is 0 Å². The molecule has 0 aromatic heterocycles. The number of amides is 1. The quantitative estimate of drug-likeness (QED) is 0.632. The molecule has 1 N–H and O–H groups in total. The molecule has 0 unspecified atom stereocenters. The average molecular weight is 196 g/mol. The van der Waals surface area contributed by atoms with Crippen LogP contribution < -0.4 is 10.4 Å². The average Bonchev–Trinajstić information content (AvgIpc) is 2.16. The van der Waals surface area contributed by atoms with E-state index in [1.54, 1.807) is 0 Å². The lowest BCUT2D eigenvalue weighted by molar-refractivity contribution is -0.297. The summed E-state index contributed by atoms with van der Waals surface area (Å²) in [6, 6.07) is 0.211. The van der Waals surface area contributed by atoms with E-state index in [9.17, 15) is 14.7 Å². The van der Waals surface area contributed by atoms with Gasteiger partial charge >= 0.3 is 0 Å². The predicted molar refractivity (Wildman–Crippen MR) is 49.2 cm³/mol. The Labute approximate surface area is 83.0 Å². The molecule has 1 amide bonds. The molecule has 0 radical (unpaired) electrons. The molecule has 1 aliphatic carbocycles. The summed E-state index contributed by atoms with van der Waals surface area (Å²) in [5.41, 5.74) is 0. The number of carbonyl (C=O) groups excluding carboxylic acids is 2. The zero-order chi connectivity index (χ0) is 10.4. The van der Waals surface area contributed by atoms with E-state index in [1.165, 1.54) is 6.42 Å². The molecule has 4 heteroatoms. The monoisotopic (exact) mass is 196 g/mol. The normalized spacial score (nSPS) is 18.3. The molecule has 1 saturated carbocycles. The van der Waals surface area contributed by atoms with Crippen molar-refractivity contribution < 1.29 is 14.7 Å². The molecule has 1 rings (SSSR count). The fourth-order valence-corrected chi connectivity index (χ4v) is 1.64. The first-order valence-corrected chi connectivity index (χ1v) is 4.88. The summed E-state index contributed by atoms with van der Waals surface area (Å²) in [5, 5.41) is 12.8. The molecule has 0 heterocycles. The maximum absolute atomic E-state index is 11.1. The zero-order valence-corrected chi connectivity index (χ0v) is 7.99. The van der Waals surface area contributed by atoms with Gasteiger partial charge in [-0.05, 0) is 18.9 Å². The molecular weight excluding hydrogens is 182 g/mol. The number of nitrogens with one attached hydrogen (secondary N) is 1. The van der Waals surface area contributed by atoms with Crippen LogP contribution >= 0.6 is 0 Å². The van der Waals surface area contributed by atoms with Gasteiger partial charge in [-0.15, -0.1) is 0 Å². The highest BCUT2D eigenvalue weighted by atomic mass is 16.4. The first-order valence-electron chi connectivity index (χ1n) is 4.88. The largest absolute Gasteiger partial charge is 0.545 e. The Bertz CT molecular complexity index is 242. The number of rotatable bonds is 3. The topological polar surface area (TPSA) is 69.2 Å². The molecular formula is C10H14NO3-. The molecule has 1 aliphatic rings. The first-order chi connectivity index (χ1) is 6.68. The third-order valence-electron chi connectivity index (χ3n) is 2.32. The molecule has 78 valence electrons. The van der Waals surface area contributed by atoms with E-state index in [1.807, 2.05) is 0 Å². The fraction of sp³-hybridized carbons (Fsp3) is 0.600. The minimum atomic E-state index is -1.34. The predicted octanol–water partition coefficient (Wildman–Crippen LogP) is -0.259. The molecule has 0 atom stereocenters. The van der Waals surface area contributed by atoms with E-state index in [2.05, 4.69) is 5.32 Å². The number of hydrogen-bond acceptors (Lipinski definition) is 3. The second kappa shape index (κ2) is 5.42. The fourth-order valence-electron chi connectivity index (χ4n) is 1.64. The lowest BCUT2D eigenvalue weighted by Crippen LogP contribution is -2.35. The van der Waals surface area contributed by atoms with Crippen LogP contribution in [-0.2, 0) is 9.59 Å². The van der Waals surface area contributed by atoms with E-state index in [-0.39, 0.29) is 11.9 Å². The maximum atomic E-state index is 11.1. The Morgan fingerprint density at radius 1 is 1.14 bits per heavy atom. The van der Waals surface area contributed by atoms with Gasteiger partial charge in [-0.3, -0.25) is 4.79 Å². The summed E-state index contributed by atoms with van der Waals surface area (Å²) in [7, 11) is 0. The number of carboxylic acid groups (broad SMARTS) is 1. The van der Waals surface area contributed by atoms with Crippen LogP contribution in [0.4, 0.5) is 0 Å². The molecule has 4 nitrogen and oxygen atoms in total. The first kappa shape index (κ1) is 10.8. The van der Waals surface area contributed by atoms with Crippen molar-refractivity contribution in [2.45, 2.75) is 38.1 Å². The van der Waals surface area contributed by atoms with Gasteiger partial charge in [0.2, 0.25) is 5.91 Å². The van der Waals surface area contributed by atoms with Crippen LogP contribution in [0.25, 0.3) is 0 Å². The van der Waals surface area contributed by atoms with Crippen molar-refractivity contribution in [3.63, 3.8) is 0 Å². The summed E-state index contributed by atoms with van der Waals surface area (Å²) < 4.78 is 0. The van der Waals surface area contributed by atoms with Gasteiger partial charge in [0.1, 0.15) is 0 Å². The number of carbonyl (C=O) groups is 2. The SMILES string of the molecule is O=C([O-])/C=C/C(=O)NC1CCCCC1. The summed E-state index contributed by atoms with van der Waals surface area (Å²) >= 11 is 0. The Morgan fingerprint density at radius 3 is 2.36 bits per heavy atom. The zero-order valence-electron chi connectivity index (χ0n) is 7.99. The van der Waals surface area contributed by atoms with Crippen molar-refractivity contribution in [2.75, 3.05) is 0 Å². The third-order valence-corrected chi connectivity index (χ3v) is 2.32.